The first-order chi connectivity index (χ1) is 10.1. The highest BCUT2D eigenvalue weighted by molar-refractivity contribution is 9.11. The summed E-state index contributed by atoms with van der Waals surface area (Å²) < 4.78 is 8.14. The molecular formula is C16H22Br2N2O. The second-order valence-corrected chi connectivity index (χ2v) is 8.16. The Kier molecular flexibility index (Phi) is 5.04. The van der Waals surface area contributed by atoms with E-state index in [2.05, 4.69) is 36.8 Å². The van der Waals surface area contributed by atoms with E-state index in [1.807, 2.05) is 12.3 Å². The average Bonchev–Trinajstić information content (AvgIpc) is 2.47. The fourth-order valence-electron chi connectivity index (χ4n) is 3.81. The molecule has 0 radical (unpaired) electrons. The van der Waals surface area contributed by atoms with Crippen LogP contribution in [0.15, 0.2) is 21.2 Å². The van der Waals surface area contributed by atoms with E-state index < -0.39 is 0 Å². The molecule has 1 aromatic heterocycles. The van der Waals surface area contributed by atoms with Crippen LogP contribution in [0.5, 0.6) is 0 Å². The summed E-state index contributed by atoms with van der Waals surface area (Å²) in [5, 5.41) is 0. The number of halogens is 2. The van der Waals surface area contributed by atoms with Gasteiger partial charge >= 0.3 is 0 Å². The SMILES string of the molecule is NC(c1ncc(Br)cc1Br)C1CCOC2(CCCCC2)C1. The lowest BCUT2D eigenvalue weighted by molar-refractivity contribution is -0.120. The van der Waals surface area contributed by atoms with E-state index in [1.54, 1.807) is 0 Å². The molecule has 2 aliphatic rings. The summed E-state index contributed by atoms with van der Waals surface area (Å²) >= 11 is 7.04. The highest BCUT2D eigenvalue weighted by Gasteiger charge is 2.40. The summed E-state index contributed by atoms with van der Waals surface area (Å²) in [5.41, 5.74) is 7.61. The van der Waals surface area contributed by atoms with Crippen molar-refractivity contribution in [2.45, 2.75) is 56.6 Å². The van der Waals surface area contributed by atoms with Crippen molar-refractivity contribution in [2.24, 2.45) is 11.7 Å². The van der Waals surface area contributed by atoms with E-state index in [0.717, 1.165) is 34.1 Å². The van der Waals surface area contributed by atoms with E-state index in [4.69, 9.17) is 10.5 Å². The number of nitrogens with zero attached hydrogens (tertiary/aromatic N) is 1. The zero-order valence-corrected chi connectivity index (χ0v) is 15.3. The predicted molar refractivity (Wildman–Crippen MR) is 91.1 cm³/mol. The Hall–Kier alpha value is 0.0300. The maximum absolute atomic E-state index is 6.55. The summed E-state index contributed by atoms with van der Waals surface area (Å²) in [5.74, 6) is 0.460. The number of pyridine rings is 1. The number of nitrogens with two attached hydrogens (primary N) is 1. The number of aromatic nitrogens is 1. The standard InChI is InChI=1S/C16H22Br2N2O/c17-12-8-13(18)15(20-10-12)14(19)11-4-7-21-16(9-11)5-2-1-3-6-16/h8,10-11,14H,1-7,9,19H2. The molecule has 2 fully saturated rings. The maximum Gasteiger partial charge on any atom is 0.0716 e. The molecule has 2 unspecified atom stereocenters. The molecule has 1 aromatic rings. The van der Waals surface area contributed by atoms with Gasteiger partial charge < -0.3 is 10.5 Å². The molecule has 116 valence electrons. The minimum Gasteiger partial charge on any atom is -0.375 e. The van der Waals surface area contributed by atoms with E-state index in [9.17, 15) is 0 Å². The van der Waals surface area contributed by atoms with Gasteiger partial charge in [0.2, 0.25) is 0 Å². The van der Waals surface area contributed by atoms with Crippen LogP contribution < -0.4 is 5.73 Å². The van der Waals surface area contributed by atoms with Gasteiger partial charge in [0.1, 0.15) is 0 Å². The van der Waals surface area contributed by atoms with Crippen LogP contribution in [0.3, 0.4) is 0 Å². The van der Waals surface area contributed by atoms with Crippen molar-refractivity contribution in [3.8, 4) is 0 Å². The van der Waals surface area contributed by atoms with E-state index in [0.29, 0.717) is 5.92 Å². The van der Waals surface area contributed by atoms with Gasteiger partial charge in [0, 0.05) is 21.7 Å². The first kappa shape index (κ1) is 15.9. The van der Waals surface area contributed by atoms with E-state index in [-0.39, 0.29) is 11.6 Å². The van der Waals surface area contributed by atoms with Gasteiger partial charge in [-0.15, -0.1) is 0 Å². The van der Waals surface area contributed by atoms with Crippen LogP contribution in [0.2, 0.25) is 0 Å². The van der Waals surface area contributed by atoms with Crippen LogP contribution in [-0.2, 0) is 4.74 Å². The number of hydrogen-bond donors (Lipinski definition) is 1. The molecule has 2 atom stereocenters. The first-order valence-corrected chi connectivity index (χ1v) is 9.39. The lowest BCUT2D eigenvalue weighted by atomic mass is 9.74. The van der Waals surface area contributed by atoms with E-state index >= 15 is 0 Å². The van der Waals surface area contributed by atoms with Crippen molar-refractivity contribution < 1.29 is 4.74 Å². The molecule has 1 spiro atoms. The fraction of sp³-hybridized carbons (Fsp3) is 0.688. The maximum atomic E-state index is 6.55. The molecule has 5 heteroatoms. The molecule has 0 amide bonds. The van der Waals surface area contributed by atoms with Crippen LogP contribution >= 0.6 is 31.9 Å². The van der Waals surface area contributed by atoms with Crippen LogP contribution in [-0.4, -0.2) is 17.2 Å². The van der Waals surface area contributed by atoms with Crippen LogP contribution in [0.25, 0.3) is 0 Å². The lowest BCUT2D eigenvalue weighted by Crippen LogP contribution is -2.44. The molecular weight excluding hydrogens is 396 g/mol. The van der Waals surface area contributed by atoms with Crippen molar-refractivity contribution in [3.05, 3.63) is 26.9 Å². The van der Waals surface area contributed by atoms with Crippen molar-refractivity contribution in [1.82, 2.24) is 4.98 Å². The number of ether oxygens (including phenoxy) is 1. The Morgan fingerprint density at radius 2 is 2.05 bits per heavy atom. The van der Waals surface area contributed by atoms with Crippen LogP contribution in [0.1, 0.15) is 56.7 Å². The first-order valence-electron chi connectivity index (χ1n) is 7.80. The minimum atomic E-state index is -0.0184. The quantitative estimate of drug-likeness (QED) is 0.756. The Balaban J connectivity index is 1.76. The Bertz CT molecular complexity index is 498. The van der Waals surface area contributed by atoms with Crippen molar-refractivity contribution >= 4 is 31.9 Å². The topological polar surface area (TPSA) is 48.1 Å². The molecule has 1 saturated carbocycles. The second-order valence-electron chi connectivity index (χ2n) is 6.39. The Labute approximate surface area is 143 Å². The van der Waals surface area contributed by atoms with Gasteiger partial charge in [-0.1, -0.05) is 19.3 Å². The molecule has 3 nitrogen and oxygen atoms in total. The molecule has 2 heterocycles. The van der Waals surface area contributed by atoms with Gasteiger partial charge in [0.05, 0.1) is 17.3 Å². The highest BCUT2D eigenvalue weighted by Crippen LogP contribution is 2.44. The van der Waals surface area contributed by atoms with E-state index in [1.165, 1.54) is 32.1 Å². The highest BCUT2D eigenvalue weighted by atomic mass is 79.9. The largest absolute Gasteiger partial charge is 0.375 e. The third kappa shape index (κ3) is 3.52. The summed E-state index contributed by atoms with van der Waals surface area (Å²) in [6.07, 6.45) is 10.3. The zero-order valence-electron chi connectivity index (χ0n) is 12.2. The molecule has 21 heavy (non-hydrogen) atoms. The minimum absolute atomic E-state index is 0.0184. The molecule has 0 bridgehead atoms. The lowest BCUT2D eigenvalue weighted by Gasteiger charge is -2.45. The molecule has 3 rings (SSSR count). The van der Waals surface area contributed by atoms with Gasteiger partial charge in [-0.3, -0.25) is 4.98 Å². The monoisotopic (exact) mass is 416 g/mol. The summed E-state index contributed by atoms with van der Waals surface area (Å²) in [7, 11) is 0. The van der Waals surface area contributed by atoms with Crippen molar-refractivity contribution in [3.63, 3.8) is 0 Å². The average molecular weight is 418 g/mol. The van der Waals surface area contributed by atoms with Crippen molar-refractivity contribution in [2.75, 3.05) is 6.61 Å². The Morgan fingerprint density at radius 3 is 2.76 bits per heavy atom. The van der Waals surface area contributed by atoms with Gasteiger partial charge in [-0.2, -0.15) is 0 Å². The second kappa shape index (κ2) is 6.65. The molecule has 1 aliphatic carbocycles. The fourth-order valence-corrected chi connectivity index (χ4v) is 5.06. The van der Waals surface area contributed by atoms with Crippen molar-refractivity contribution in [1.29, 1.82) is 0 Å². The van der Waals surface area contributed by atoms with Crippen LogP contribution in [0, 0.1) is 5.92 Å². The third-order valence-corrected chi connectivity index (χ3v) is 6.02. The number of rotatable bonds is 2. The summed E-state index contributed by atoms with van der Waals surface area (Å²) in [4.78, 5) is 4.53. The normalized spacial score (nSPS) is 26.7. The molecule has 1 saturated heterocycles. The zero-order chi connectivity index (χ0) is 14.9. The van der Waals surface area contributed by atoms with Gasteiger partial charge in [-0.05, 0) is 69.5 Å². The van der Waals surface area contributed by atoms with Gasteiger partial charge in [0.25, 0.3) is 0 Å². The predicted octanol–water partition coefficient (Wildman–Crippen LogP) is 4.74. The molecule has 1 aliphatic heterocycles. The van der Waals surface area contributed by atoms with Crippen LogP contribution in [0.4, 0.5) is 0 Å². The van der Waals surface area contributed by atoms with Gasteiger partial charge in [-0.25, -0.2) is 0 Å². The third-order valence-electron chi connectivity index (χ3n) is 4.96. The molecule has 2 N–H and O–H groups in total. The summed E-state index contributed by atoms with van der Waals surface area (Å²) in [6.45, 7) is 0.840. The number of hydrogen-bond acceptors (Lipinski definition) is 3. The Morgan fingerprint density at radius 1 is 1.29 bits per heavy atom. The smallest absolute Gasteiger partial charge is 0.0716 e. The molecule has 0 aromatic carbocycles. The van der Waals surface area contributed by atoms with Gasteiger partial charge in [0.15, 0.2) is 0 Å². The summed E-state index contributed by atoms with van der Waals surface area (Å²) in [6, 6.07) is 2.01.